The van der Waals surface area contributed by atoms with E-state index in [0.717, 1.165) is 17.2 Å². The molecule has 0 spiro atoms. The van der Waals surface area contributed by atoms with E-state index in [1.54, 1.807) is 0 Å². The van der Waals surface area contributed by atoms with Gasteiger partial charge in [-0.15, -0.1) is 0 Å². The Labute approximate surface area is 96.3 Å². The highest BCUT2D eigenvalue weighted by Gasteiger charge is 2.11. The highest BCUT2D eigenvalue weighted by Crippen LogP contribution is 2.24. The van der Waals surface area contributed by atoms with E-state index in [2.05, 4.69) is 30.4 Å². The van der Waals surface area contributed by atoms with Crippen LogP contribution in [0.3, 0.4) is 0 Å². The number of para-hydroxylation sites is 1. The monoisotopic (exact) mass is 215 g/mol. The maximum atomic E-state index is 5.53. The van der Waals surface area contributed by atoms with E-state index in [9.17, 15) is 0 Å². The molecule has 0 radical (unpaired) electrons. The summed E-state index contributed by atoms with van der Waals surface area (Å²) in [6.07, 6.45) is 0. The second-order valence-electron chi connectivity index (χ2n) is 4.10. The number of aryl methyl sites for hydroxylation is 2. The molecule has 16 heavy (non-hydrogen) atoms. The van der Waals surface area contributed by atoms with Crippen molar-refractivity contribution in [3.63, 3.8) is 0 Å². The minimum absolute atomic E-state index is 0.264. The van der Waals surface area contributed by atoms with Crippen LogP contribution in [0.2, 0.25) is 0 Å². The number of anilines is 1. The second kappa shape index (κ2) is 4.44. The molecule has 2 aromatic rings. The predicted octanol–water partition coefficient (Wildman–Crippen LogP) is 4.07. The molecule has 1 unspecified atom stereocenters. The minimum Gasteiger partial charge on any atom is -0.466 e. The molecule has 1 aromatic carbocycles. The molecule has 0 aliphatic rings. The van der Waals surface area contributed by atoms with Crippen LogP contribution in [0.25, 0.3) is 0 Å². The lowest BCUT2D eigenvalue weighted by molar-refractivity contribution is 0.500. The van der Waals surface area contributed by atoms with Crippen molar-refractivity contribution in [3.05, 3.63) is 53.5 Å². The van der Waals surface area contributed by atoms with E-state index >= 15 is 0 Å². The van der Waals surface area contributed by atoms with Crippen LogP contribution in [0.4, 0.5) is 5.69 Å². The molecule has 1 heterocycles. The van der Waals surface area contributed by atoms with Gasteiger partial charge in [-0.3, -0.25) is 0 Å². The molecule has 84 valence electrons. The molecule has 1 atom stereocenters. The topological polar surface area (TPSA) is 25.2 Å². The standard InChI is InChI=1S/C14H17NO/c1-10-9-14(12(3)16-10)11(2)15-13-7-5-4-6-8-13/h4-9,11,15H,1-3H3. The van der Waals surface area contributed by atoms with Crippen LogP contribution in [0, 0.1) is 13.8 Å². The summed E-state index contributed by atoms with van der Waals surface area (Å²) in [5, 5.41) is 3.45. The largest absolute Gasteiger partial charge is 0.466 e. The van der Waals surface area contributed by atoms with E-state index in [0.29, 0.717) is 0 Å². The Bertz CT molecular complexity index is 459. The van der Waals surface area contributed by atoms with Crippen molar-refractivity contribution in [2.75, 3.05) is 5.32 Å². The van der Waals surface area contributed by atoms with Crippen molar-refractivity contribution in [1.82, 2.24) is 0 Å². The van der Waals surface area contributed by atoms with E-state index in [-0.39, 0.29) is 6.04 Å². The number of furan rings is 1. The third-order valence-corrected chi connectivity index (χ3v) is 2.70. The van der Waals surface area contributed by atoms with E-state index in [1.165, 1.54) is 5.56 Å². The Morgan fingerprint density at radius 3 is 2.38 bits per heavy atom. The van der Waals surface area contributed by atoms with Gasteiger partial charge in [0.25, 0.3) is 0 Å². The average Bonchev–Trinajstić information content (AvgIpc) is 2.59. The van der Waals surface area contributed by atoms with E-state index in [1.807, 2.05) is 32.0 Å². The number of nitrogens with one attached hydrogen (secondary N) is 1. The first kappa shape index (κ1) is 10.8. The quantitative estimate of drug-likeness (QED) is 0.834. The van der Waals surface area contributed by atoms with Crippen molar-refractivity contribution in [2.45, 2.75) is 26.8 Å². The zero-order chi connectivity index (χ0) is 11.5. The lowest BCUT2D eigenvalue weighted by atomic mass is 10.1. The molecular formula is C14H17NO. The first-order valence-corrected chi connectivity index (χ1v) is 5.55. The van der Waals surface area contributed by atoms with Gasteiger partial charge in [-0.05, 0) is 39.0 Å². The molecule has 2 rings (SSSR count). The van der Waals surface area contributed by atoms with Crippen LogP contribution in [-0.4, -0.2) is 0 Å². The molecule has 2 heteroatoms. The van der Waals surface area contributed by atoms with Gasteiger partial charge in [0, 0.05) is 11.3 Å². The zero-order valence-electron chi connectivity index (χ0n) is 9.95. The molecule has 0 saturated carbocycles. The van der Waals surface area contributed by atoms with Crippen LogP contribution in [0.1, 0.15) is 30.0 Å². The summed E-state index contributed by atoms with van der Waals surface area (Å²) in [5.41, 5.74) is 2.36. The highest BCUT2D eigenvalue weighted by atomic mass is 16.3. The van der Waals surface area contributed by atoms with Gasteiger partial charge in [0.05, 0.1) is 6.04 Å². The van der Waals surface area contributed by atoms with Gasteiger partial charge in [-0.1, -0.05) is 18.2 Å². The van der Waals surface area contributed by atoms with Gasteiger partial charge < -0.3 is 9.73 Å². The molecule has 0 bridgehead atoms. The third-order valence-electron chi connectivity index (χ3n) is 2.70. The summed E-state index contributed by atoms with van der Waals surface area (Å²) in [6.45, 7) is 6.13. The van der Waals surface area contributed by atoms with E-state index < -0.39 is 0 Å². The lowest BCUT2D eigenvalue weighted by Gasteiger charge is -2.14. The third kappa shape index (κ3) is 2.27. The van der Waals surface area contributed by atoms with Crippen LogP contribution in [0.5, 0.6) is 0 Å². The number of rotatable bonds is 3. The molecule has 0 fully saturated rings. The van der Waals surface area contributed by atoms with Crippen LogP contribution < -0.4 is 5.32 Å². The normalized spacial score (nSPS) is 12.4. The fourth-order valence-corrected chi connectivity index (χ4v) is 1.94. The van der Waals surface area contributed by atoms with Gasteiger partial charge in [-0.2, -0.15) is 0 Å². The molecule has 1 N–H and O–H groups in total. The number of hydrogen-bond acceptors (Lipinski definition) is 2. The number of benzene rings is 1. The summed E-state index contributed by atoms with van der Waals surface area (Å²) in [6, 6.07) is 12.6. The predicted molar refractivity (Wildman–Crippen MR) is 66.7 cm³/mol. The maximum absolute atomic E-state index is 5.53. The summed E-state index contributed by atoms with van der Waals surface area (Å²) in [4.78, 5) is 0. The van der Waals surface area contributed by atoms with Crippen molar-refractivity contribution >= 4 is 5.69 Å². The Morgan fingerprint density at radius 2 is 1.81 bits per heavy atom. The van der Waals surface area contributed by atoms with Crippen LogP contribution in [0.15, 0.2) is 40.8 Å². The first-order chi connectivity index (χ1) is 7.66. The SMILES string of the molecule is Cc1cc(C(C)Nc2ccccc2)c(C)o1. The smallest absolute Gasteiger partial charge is 0.106 e. The maximum Gasteiger partial charge on any atom is 0.106 e. The molecule has 2 nitrogen and oxygen atoms in total. The fraction of sp³-hybridized carbons (Fsp3) is 0.286. The Morgan fingerprint density at radius 1 is 1.12 bits per heavy atom. The molecule has 1 aromatic heterocycles. The molecule has 0 amide bonds. The van der Waals surface area contributed by atoms with Gasteiger partial charge in [-0.25, -0.2) is 0 Å². The lowest BCUT2D eigenvalue weighted by Crippen LogP contribution is -2.06. The van der Waals surface area contributed by atoms with Crippen LogP contribution in [-0.2, 0) is 0 Å². The van der Waals surface area contributed by atoms with Gasteiger partial charge >= 0.3 is 0 Å². The molecule has 0 aliphatic carbocycles. The number of hydrogen-bond donors (Lipinski definition) is 1. The first-order valence-electron chi connectivity index (χ1n) is 5.55. The van der Waals surface area contributed by atoms with Crippen molar-refractivity contribution in [1.29, 1.82) is 0 Å². The van der Waals surface area contributed by atoms with Crippen molar-refractivity contribution in [3.8, 4) is 0 Å². The van der Waals surface area contributed by atoms with Gasteiger partial charge in [0.15, 0.2) is 0 Å². The second-order valence-corrected chi connectivity index (χ2v) is 4.10. The Kier molecular flexibility index (Phi) is 3.00. The summed E-state index contributed by atoms with van der Waals surface area (Å²) in [7, 11) is 0. The van der Waals surface area contributed by atoms with Gasteiger partial charge in [0.2, 0.25) is 0 Å². The average molecular weight is 215 g/mol. The van der Waals surface area contributed by atoms with E-state index in [4.69, 9.17) is 4.42 Å². The van der Waals surface area contributed by atoms with Crippen molar-refractivity contribution < 1.29 is 4.42 Å². The summed E-state index contributed by atoms with van der Waals surface area (Å²) < 4.78 is 5.53. The fourth-order valence-electron chi connectivity index (χ4n) is 1.94. The van der Waals surface area contributed by atoms with Crippen molar-refractivity contribution in [2.24, 2.45) is 0 Å². The Balaban J connectivity index is 2.14. The van der Waals surface area contributed by atoms with Gasteiger partial charge in [0.1, 0.15) is 11.5 Å². The zero-order valence-corrected chi connectivity index (χ0v) is 9.95. The molecule has 0 saturated heterocycles. The molecule has 0 aliphatic heterocycles. The highest BCUT2D eigenvalue weighted by molar-refractivity contribution is 5.45. The summed E-state index contributed by atoms with van der Waals surface area (Å²) in [5.74, 6) is 1.96. The Hall–Kier alpha value is -1.70. The minimum atomic E-state index is 0.264. The summed E-state index contributed by atoms with van der Waals surface area (Å²) >= 11 is 0. The van der Waals surface area contributed by atoms with Crippen LogP contribution >= 0.6 is 0 Å². The molecular weight excluding hydrogens is 198 g/mol.